The Morgan fingerprint density at radius 2 is 1.73 bits per heavy atom. The van der Waals surface area contributed by atoms with E-state index in [1.54, 1.807) is 14.2 Å². The number of fused-ring (bicyclic) bond motifs is 1. The van der Waals surface area contributed by atoms with E-state index in [0.717, 1.165) is 56.7 Å². The highest BCUT2D eigenvalue weighted by atomic mass is 19.4. The number of methoxy groups -OCH3 is 2. The van der Waals surface area contributed by atoms with E-state index in [1.165, 1.54) is 11.6 Å². The third-order valence-electron chi connectivity index (χ3n) is 7.49. The van der Waals surface area contributed by atoms with Crippen LogP contribution in [0.2, 0.25) is 0 Å². The lowest BCUT2D eigenvalue weighted by molar-refractivity contribution is -0.192. The fraction of sp³-hybridized carbons (Fsp3) is 0.481. The molecule has 3 atom stereocenters. The number of halogens is 5. The van der Waals surface area contributed by atoms with Gasteiger partial charge in [-0.1, -0.05) is 13.0 Å². The first-order valence-electron chi connectivity index (χ1n) is 12.6. The minimum atomic E-state index is -5.08. The molecule has 8 nitrogen and oxygen atoms in total. The average molecular weight is 574 g/mol. The number of carbonyl (C=O) groups excluding carboxylic acids is 1. The smallest absolute Gasteiger partial charge is 0.490 e. The van der Waals surface area contributed by atoms with Gasteiger partial charge >= 0.3 is 18.2 Å². The van der Waals surface area contributed by atoms with Gasteiger partial charge in [0.25, 0.3) is 0 Å². The van der Waals surface area contributed by atoms with Crippen LogP contribution in [0.4, 0.5) is 32.4 Å². The molecule has 2 aliphatic rings. The number of ether oxygens (including phenoxy) is 2. The summed E-state index contributed by atoms with van der Waals surface area (Å²) in [7, 11) is 3.28. The SMILES string of the molecule is CCN1CC[C@]2(c3ccc(OC)c(OC)c3)CC[C@@H](NC(=O)Nc3ccc(F)c(F)c3)C[C@H]12.O=C(O)C(F)(F)F. The largest absolute Gasteiger partial charge is 0.493 e. The first-order valence-corrected chi connectivity index (χ1v) is 12.6. The molecular formula is C27H32F5N3O5. The number of benzene rings is 2. The summed E-state index contributed by atoms with van der Waals surface area (Å²) in [5.74, 6) is -3.25. The van der Waals surface area contributed by atoms with E-state index in [0.29, 0.717) is 5.75 Å². The van der Waals surface area contributed by atoms with Crippen LogP contribution in [-0.4, -0.2) is 67.6 Å². The van der Waals surface area contributed by atoms with Crippen LogP contribution in [0.3, 0.4) is 0 Å². The maximum absolute atomic E-state index is 13.5. The molecule has 4 rings (SSSR count). The summed E-state index contributed by atoms with van der Waals surface area (Å²) in [6.45, 7) is 4.11. The summed E-state index contributed by atoms with van der Waals surface area (Å²) >= 11 is 0. The molecule has 2 fully saturated rings. The molecule has 2 aromatic carbocycles. The van der Waals surface area contributed by atoms with E-state index < -0.39 is 29.8 Å². The van der Waals surface area contributed by atoms with Crippen molar-refractivity contribution in [2.24, 2.45) is 0 Å². The number of carbonyl (C=O) groups is 2. The topological polar surface area (TPSA) is 100 Å². The highest BCUT2D eigenvalue weighted by molar-refractivity contribution is 5.89. The molecular weight excluding hydrogens is 541 g/mol. The molecule has 1 aliphatic carbocycles. The van der Waals surface area contributed by atoms with Crippen molar-refractivity contribution in [3.05, 3.63) is 53.6 Å². The van der Waals surface area contributed by atoms with Crippen LogP contribution in [0.1, 0.15) is 38.2 Å². The Labute approximate surface area is 228 Å². The van der Waals surface area contributed by atoms with Gasteiger partial charge in [0.2, 0.25) is 0 Å². The lowest BCUT2D eigenvalue weighted by Crippen LogP contribution is -2.53. The number of alkyl halides is 3. The van der Waals surface area contributed by atoms with Crippen molar-refractivity contribution in [2.45, 2.75) is 56.3 Å². The molecule has 2 amide bonds. The molecule has 3 N–H and O–H groups in total. The Morgan fingerprint density at radius 1 is 1.05 bits per heavy atom. The van der Waals surface area contributed by atoms with E-state index in [2.05, 4.69) is 34.6 Å². The number of carboxylic acids is 1. The molecule has 1 saturated heterocycles. The summed E-state index contributed by atoms with van der Waals surface area (Å²) in [6.07, 6.45) is -1.46. The number of rotatable bonds is 6. The Kier molecular flexibility index (Phi) is 9.82. The Hall–Kier alpha value is -3.61. The van der Waals surface area contributed by atoms with Crippen molar-refractivity contribution in [2.75, 3.05) is 32.6 Å². The Bertz CT molecular complexity index is 1210. The average Bonchev–Trinajstić information content (AvgIpc) is 3.29. The first kappa shape index (κ1) is 30.9. The maximum Gasteiger partial charge on any atom is 0.490 e. The summed E-state index contributed by atoms with van der Waals surface area (Å²) in [5.41, 5.74) is 1.45. The van der Waals surface area contributed by atoms with Gasteiger partial charge < -0.3 is 25.2 Å². The lowest BCUT2D eigenvalue weighted by Gasteiger charge is -2.45. The molecule has 0 bridgehead atoms. The fourth-order valence-corrected chi connectivity index (χ4v) is 5.56. The van der Waals surface area contributed by atoms with Crippen molar-refractivity contribution in [3.8, 4) is 11.5 Å². The molecule has 1 heterocycles. The molecule has 40 heavy (non-hydrogen) atoms. The number of amides is 2. The van der Waals surface area contributed by atoms with Crippen LogP contribution >= 0.6 is 0 Å². The zero-order valence-electron chi connectivity index (χ0n) is 22.3. The Morgan fingerprint density at radius 3 is 2.30 bits per heavy atom. The van der Waals surface area contributed by atoms with Crippen LogP contribution in [0, 0.1) is 11.6 Å². The molecule has 0 unspecified atom stereocenters. The molecule has 0 spiro atoms. The second-order valence-electron chi connectivity index (χ2n) is 9.62. The standard InChI is InChI=1S/C25H31F2N3O3.C2HF3O2/c1-4-30-12-11-25(16-5-8-21(32-2)22(13-16)33-3)10-9-18(15-23(25)30)29-24(31)28-17-6-7-19(26)20(27)14-17;3-2(4,5)1(6)7/h5-8,13-14,18,23H,4,9-12,15H2,1-3H3,(H2,28,29,31);(H,6,7)/t18-,23+,25+;/m1./s1. The minimum Gasteiger partial charge on any atom is -0.493 e. The van der Waals surface area contributed by atoms with E-state index >= 15 is 0 Å². The summed E-state index contributed by atoms with van der Waals surface area (Å²) in [5, 5.41) is 12.8. The van der Waals surface area contributed by atoms with Crippen molar-refractivity contribution in [3.63, 3.8) is 0 Å². The number of nitrogens with zero attached hydrogens (tertiary/aromatic N) is 1. The predicted octanol–water partition coefficient (Wildman–Crippen LogP) is 5.32. The molecule has 0 radical (unpaired) electrons. The van der Waals surface area contributed by atoms with Crippen molar-refractivity contribution in [1.29, 1.82) is 0 Å². The highest BCUT2D eigenvalue weighted by Crippen LogP contribution is 2.50. The summed E-state index contributed by atoms with van der Waals surface area (Å²) in [4.78, 5) is 23.9. The van der Waals surface area contributed by atoms with Crippen LogP contribution in [0.5, 0.6) is 11.5 Å². The van der Waals surface area contributed by atoms with E-state index in [9.17, 15) is 26.7 Å². The second kappa shape index (κ2) is 12.7. The third-order valence-corrected chi connectivity index (χ3v) is 7.49. The van der Waals surface area contributed by atoms with Gasteiger partial charge in [-0.25, -0.2) is 18.4 Å². The number of carboxylic acid groups (broad SMARTS) is 1. The van der Waals surface area contributed by atoms with Crippen LogP contribution in [0.25, 0.3) is 0 Å². The number of hydrogen-bond acceptors (Lipinski definition) is 5. The number of aliphatic carboxylic acids is 1. The minimum absolute atomic E-state index is 0.00962. The number of likely N-dealkylation sites (N-methyl/N-ethyl adjacent to an activating group) is 1. The van der Waals surface area contributed by atoms with E-state index in [4.69, 9.17) is 19.4 Å². The number of urea groups is 1. The molecule has 1 aliphatic heterocycles. The van der Waals surface area contributed by atoms with Gasteiger partial charge in [-0.3, -0.25) is 4.90 Å². The molecule has 220 valence electrons. The van der Waals surface area contributed by atoms with Crippen LogP contribution in [0.15, 0.2) is 36.4 Å². The van der Waals surface area contributed by atoms with Crippen LogP contribution in [-0.2, 0) is 10.2 Å². The van der Waals surface area contributed by atoms with E-state index in [1.807, 2.05) is 6.07 Å². The number of likely N-dealkylation sites (tertiary alicyclic amines) is 1. The first-order chi connectivity index (χ1) is 18.8. The molecule has 13 heteroatoms. The number of hydrogen-bond donors (Lipinski definition) is 3. The normalized spacial score (nSPS) is 22.4. The monoisotopic (exact) mass is 573 g/mol. The van der Waals surface area contributed by atoms with E-state index in [-0.39, 0.29) is 23.2 Å². The fourth-order valence-electron chi connectivity index (χ4n) is 5.56. The predicted molar refractivity (Wildman–Crippen MR) is 137 cm³/mol. The molecule has 0 aromatic heterocycles. The quantitative estimate of drug-likeness (QED) is 0.405. The highest BCUT2D eigenvalue weighted by Gasteiger charge is 2.51. The van der Waals surface area contributed by atoms with Gasteiger partial charge in [0.05, 0.1) is 14.2 Å². The van der Waals surface area contributed by atoms with Gasteiger partial charge in [-0.2, -0.15) is 13.2 Å². The van der Waals surface area contributed by atoms with Gasteiger partial charge in [0.1, 0.15) is 0 Å². The van der Waals surface area contributed by atoms with Crippen molar-refractivity contribution >= 4 is 17.7 Å². The number of nitrogens with one attached hydrogen (secondary N) is 2. The van der Waals surface area contributed by atoms with Crippen molar-refractivity contribution in [1.82, 2.24) is 10.2 Å². The third kappa shape index (κ3) is 6.93. The molecule has 2 aromatic rings. The van der Waals surface area contributed by atoms with Crippen molar-refractivity contribution < 1.29 is 46.1 Å². The zero-order chi connectivity index (χ0) is 29.7. The zero-order valence-corrected chi connectivity index (χ0v) is 22.3. The lowest BCUT2D eigenvalue weighted by atomic mass is 9.65. The Balaban J connectivity index is 0.000000559. The summed E-state index contributed by atoms with van der Waals surface area (Å²) in [6, 6.07) is 9.37. The maximum atomic E-state index is 13.5. The van der Waals surface area contributed by atoms with Gasteiger partial charge in [-0.15, -0.1) is 0 Å². The number of anilines is 1. The van der Waals surface area contributed by atoms with Crippen LogP contribution < -0.4 is 20.1 Å². The second-order valence-corrected chi connectivity index (χ2v) is 9.62. The summed E-state index contributed by atoms with van der Waals surface area (Å²) < 4.78 is 69.3. The van der Waals surface area contributed by atoms with Gasteiger partial charge in [-0.05, 0) is 68.6 Å². The van der Waals surface area contributed by atoms with Gasteiger partial charge in [0, 0.05) is 29.3 Å². The van der Waals surface area contributed by atoms with Gasteiger partial charge in [0.15, 0.2) is 23.1 Å². The molecule has 1 saturated carbocycles.